The Labute approximate surface area is 194 Å². The van der Waals surface area contributed by atoms with Gasteiger partial charge in [-0.1, -0.05) is 43.3 Å². The number of benzene rings is 2. The highest BCUT2D eigenvalue weighted by Crippen LogP contribution is 2.18. The molecule has 0 radical (unpaired) electrons. The zero-order valence-corrected chi connectivity index (χ0v) is 19.6. The van der Waals surface area contributed by atoms with Crippen molar-refractivity contribution in [3.8, 4) is 0 Å². The second-order valence-electron chi connectivity index (χ2n) is 8.43. The second-order valence-corrected chi connectivity index (χ2v) is 8.43. The molecule has 0 fully saturated rings. The molecule has 176 valence electrons. The third-order valence-corrected chi connectivity index (χ3v) is 5.98. The molecule has 33 heavy (non-hydrogen) atoms. The van der Waals surface area contributed by atoms with Crippen molar-refractivity contribution < 1.29 is 18.0 Å². The van der Waals surface area contributed by atoms with E-state index in [1.807, 2.05) is 68.1 Å². The molecule has 0 saturated heterocycles. The van der Waals surface area contributed by atoms with Crippen LogP contribution in [0.25, 0.3) is 0 Å². The normalized spacial score (nSPS) is 12.2. The van der Waals surface area contributed by atoms with E-state index in [1.165, 1.54) is 18.2 Å². The Morgan fingerprint density at radius 2 is 1.67 bits per heavy atom. The molecule has 0 bridgehead atoms. The number of nitrogens with zero attached hydrogens (tertiary/aromatic N) is 2. The number of hydrogen-bond donors (Lipinski definition) is 0. The van der Waals surface area contributed by atoms with E-state index in [4.69, 9.17) is 4.42 Å². The van der Waals surface area contributed by atoms with Gasteiger partial charge in [-0.15, -0.1) is 0 Å². The summed E-state index contributed by atoms with van der Waals surface area (Å²) >= 11 is 0. The van der Waals surface area contributed by atoms with Crippen LogP contribution < -0.4 is 0 Å². The fourth-order valence-electron chi connectivity index (χ4n) is 3.74. The third-order valence-electron chi connectivity index (χ3n) is 5.98. The van der Waals surface area contributed by atoms with Gasteiger partial charge in [-0.05, 0) is 56.5 Å². The van der Waals surface area contributed by atoms with Crippen molar-refractivity contribution in [3.63, 3.8) is 0 Å². The van der Waals surface area contributed by atoms with Gasteiger partial charge < -0.3 is 9.32 Å². The van der Waals surface area contributed by atoms with Gasteiger partial charge in [0.05, 0.1) is 13.1 Å². The first-order valence-corrected chi connectivity index (χ1v) is 11.4. The minimum Gasteiger partial charge on any atom is -0.464 e. The minimum absolute atomic E-state index is 0.0110. The van der Waals surface area contributed by atoms with Gasteiger partial charge in [-0.3, -0.25) is 9.69 Å². The van der Waals surface area contributed by atoms with Crippen LogP contribution in [0.15, 0.2) is 65.1 Å². The molecule has 0 aliphatic carbocycles. The number of carbonyl (C=O) groups is 1. The molecule has 1 aromatic heterocycles. The molecule has 0 saturated carbocycles. The molecule has 0 aliphatic heterocycles. The Morgan fingerprint density at radius 1 is 0.970 bits per heavy atom. The van der Waals surface area contributed by atoms with E-state index in [9.17, 15) is 13.6 Å². The SMILES string of the molecule is CC[C@H](C)N(CC(=O)N(CCc1ccccc1)Cc1ccc(C)o1)Cc1c(F)cccc1F. The first-order valence-electron chi connectivity index (χ1n) is 11.4. The summed E-state index contributed by atoms with van der Waals surface area (Å²) in [6.07, 6.45) is 1.46. The second kappa shape index (κ2) is 11.8. The van der Waals surface area contributed by atoms with Crippen LogP contribution in [0, 0.1) is 18.6 Å². The van der Waals surface area contributed by atoms with Crippen molar-refractivity contribution in [2.24, 2.45) is 0 Å². The lowest BCUT2D eigenvalue weighted by Crippen LogP contribution is -2.44. The first kappa shape index (κ1) is 24.6. The Balaban J connectivity index is 1.77. The molecule has 1 atom stereocenters. The predicted molar refractivity (Wildman–Crippen MR) is 126 cm³/mol. The summed E-state index contributed by atoms with van der Waals surface area (Å²) in [7, 11) is 0. The van der Waals surface area contributed by atoms with Crippen molar-refractivity contribution in [3.05, 3.63) is 94.9 Å². The molecular formula is C27H32F2N2O2. The van der Waals surface area contributed by atoms with Gasteiger partial charge in [0.25, 0.3) is 0 Å². The minimum atomic E-state index is -0.595. The van der Waals surface area contributed by atoms with Crippen molar-refractivity contribution >= 4 is 5.91 Å². The van der Waals surface area contributed by atoms with Crippen LogP contribution in [-0.2, 0) is 24.3 Å². The predicted octanol–water partition coefficient (Wildman–Crippen LogP) is 5.74. The maximum absolute atomic E-state index is 14.3. The molecule has 1 heterocycles. The fourth-order valence-corrected chi connectivity index (χ4v) is 3.74. The molecule has 3 rings (SSSR count). The van der Waals surface area contributed by atoms with Gasteiger partial charge in [0.15, 0.2) is 0 Å². The number of rotatable bonds is 11. The molecular weight excluding hydrogens is 422 g/mol. The summed E-state index contributed by atoms with van der Waals surface area (Å²) < 4.78 is 34.3. The number of amides is 1. The molecule has 6 heteroatoms. The quantitative estimate of drug-likeness (QED) is 0.371. The maximum Gasteiger partial charge on any atom is 0.237 e. The summed E-state index contributed by atoms with van der Waals surface area (Å²) in [4.78, 5) is 17.0. The van der Waals surface area contributed by atoms with Crippen molar-refractivity contribution in [2.75, 3.05) is 13.1 Å². The van der Waals surface area contributed by atoms with Crippen molar-refractivity contribution in [1.82, 2.24) is 9.80 Å². The fraction of sp³-hybridized carbons (Fsp3) is 0.370. The molecule has 0 spiro atoms. The zero-order chi connectivity index (χ0) is 23.8. The Hall–Kier alpha value is -2.99. The van der Waals surface area contributed by atoms with Gasteiger partial charge in [0.2, 0.25) is 5.91 Å². The van der Waals surface area contributed by atoms with Crippen LogP contribution in [0.2, 0.25) is 0 Å². The molecule has 2 aromatic carbocycles. The third kappa shape index (κ3) is 6.99. The number of aryl methyl sites for hydroxylation is 1. The van der Waals surface area contributed by atoms with Gasteiger partial charge in [0.1, 0.15) is 23.2 Å². The lowest BCUT2D eigenvalue weighted by molar-refractivity contribution is -0.134. The largest absolute Gasteiger partial charge is 0.464 e. The summed E-state index contributed by atoms with van der Waals surface area (Å²) in [5.41, 5.74) is 1.13. The highest BCUT2D eigenvalue weighted by molar-refractivity contribution is 5.78. The Bertz CT molecular complexity index is 1020. The van der Waals surface area contributed by atoms with Crippen LogP contribution in [0.4, 0.5) is 8.78 Å². The highest BCUT2D eigenvalue weighted by Gasteiger charge is 2.24. The molecule has 1 amide bonds. The zero-order valence-electron chi connectivity index (χ0n) is 19.6. The topological polar surface area (TPSA) is 36.7 Å². The molecule has 4 nitrogen and oxygen atoms in total. The Kier molecular flexibility index (Phi) is 8.78. The monoisotopic (exact) mass is 454 g/mol. The summed E-state index contributed by atoms with van der Waals surface area (Å²) in [6, 6.07) is 17.6. The van der Waals surface area contributed by atoms with Gasteiger partial charge in [-0.25, -0.2) is 8.78 Å². The van der Waals surface area contributed by atoms with E-state index < -0.39 is 11.6 Å². The average Bonchev–Trinajstić information content (AvgIpc) is 3.22. The smallest absolute Gasteiger partial charge is 0.237 e. The van der Waals surface area contributed by atoms with Crippen LogP contribution in [-0.4, -0.2) is 34.8 Å². The van der Waals surface area contributed by atoms with E-state index in [1.54, 1.807) is 4.90 Å². The van der Waals surface area contributed by atoms with E-state index in [-0.39, 0.29) is 30.6 Å². The lowest BCUT2D eigenvalue weighted by atomic mass is 10.1. The molecule has 0 aliphatic rings. The average molecular weight is 455 g/mol. The van der Waals surface area contributed by atoms with Crippen LogP contribution >= 0.6 is 0 Å². The summed E-state index contributed by atoms with van der Waals surface area (Å²) in [5, 5.41) is 0. The Morgan fingerprint density at radius 3 is 2.27 bits per heavy atom. The van der Waals surface area contributed by atoms with E-state index in [2.05, 4.69) is 0 Å². The number of hydrogen-bond acceptors (Lipinski definition) is 3. The molecule has 0 unspecified atom stereocenters. The van der Waals surface area contributed by atoms with Gasteiger partial charge in [0, 0.05) is 24.7 Å². The molecule has 3 aromatic rings. The highest BCUT2D eigenvalue weighted by atomic mass is 19.1. The molecule has 0 N–H and O–H groups in total. The summed E-state index contributed by atoms with van der Waals surface area (Å²) in [6.45, 7) is 6.80. The standard InChI is InChI=1S/C27H32F2N2O2/c1-4-20(2)31(18-24-25(28)11-8-12-26(24)29)19-27(32)30(17-23-14-13-21(3)33-23)16-15-22-9-6-5-7-10-22/h5-14,20H,4,15-19H2,1-3H3/t20-/m0/s1. The van der Waals surface area contributed by atoms with Crippen molar-refractivity contribution in [2.45, 2.75) is 52.7 Å². The van der Waals surface area contributed by atoms with Gasteiger partial charge in [-0.2, -0.15) is 0 Å². The lowest BCUT2D eigenvalue weighted by Gasteiger charge is -2.31. The van der Waals surface area contributed by atoms with E-state index in [0.717, 1.165) is 17.7 Å². The van der Waals surface area contributed by atoms with E-state index >= 15 is 0 Å². The summed E-state index contributed by atoms with van der Waals surface area (Å²) in [5.74, 6) is 0.211. The first-order chi connectivity index (χ1) is 15.9. The number of furan rings is 1. The maximum atomic E-state index is 14.3. The van der Waals surface area contributed by atoms with Crippen LogP contribution in [0.1, 0.15) is 42.9 Å². The van der Waals surface area contributed by atoms with Crippen molar-refractivity contribution in [1.29, 1.82) is 0 Å². The van der Waals surface area contributed by atoms with Gasteiger partial charge >= 0.3 is 0 Å². The van der Waals surface area contributed by atoms with Crippen LogP contribution in [0.5, 0.6) is 0 Å². The number of halogens is 2. The van der Waals surface area contributed by atoms with Crippen LogP contribution in [0.3, 0.4) is 0 Å². The number of carbonyl (C=O) groups excluding carboxylic acids is 1. The van der Waals surface area contributed by atoms with E-state index in [0.29, 0.717) is 25.3 Å².